The van der Waals surface area contributed by atoms with Crippen LogP contribution in [0.15, 0.2) is 18.2 Å². The first-order chi connectivity index (χ1) is 5.27. The van der Waals surface area contributed by atoms with Gasteiger partial charge in [-0.2, -0.15) is 0 Å². The van der Waals surface area contributed by atoms with Gasteiger partial charge >= 0.3 is 0 Å². The number of anilines is 1. The van der Waals surface area contributed by atoms with Gasteiger partial charge in [-0.25, -0.2) is 4.39 Å². The second-order valence-corrected chi connectivity index (χ2v) is 2.26. The Balaban J connectivity index is 2.99. The van der Waals surface area contributed by atoms with Gasteiger partial charge in [0, 0.05) is 24.8 Å². The molecule has 1 aromatic carbocycles. The fourth-order valence-corrected chi connectivity index (χ4v) is 0.868. The molecule has 0 saturated heterocycles. The van der Waals surface area contributed by atoms with Crippen molar-refractivity contribution in [1.29, 1.82) is 0 Å². The predicted molar refractivity (Wildman–Crippen MR) is 43.8 cm³/mol. The normalized spacial score (nSPS) is 9.73. The van der Waals surface area contributed by atoms with Crippen molar-refractivity contribution in [3.8, 4) is 0 Å². The van der Waals surface area contributed by atoms with Crippen LogP contribution in [0.5, 0.6) is 0 Å². The van der Waals surface area contributed by atoms with Crippen LogP contribution >= 0.6 is 0 Å². The molecule has 0 fully saturated rings. The summed E-state index contributed by atoms with van der Waals surface area (Å²) in [6, 6.07) is 4.91. The van der Waals surface area contributed by atoms with Crippen LogP contribution in [0.4, 0.5) is 10.1 Å². The average molecular weight is 154 g/mol. The zero-order valence-corrected chi connectivity index (χ0v) is 6.39. The Morgan fingerprint density at radius 2 is 2.27 bits per heavy atom. The van der Waals surface area contributed by atoms with E-state index in [1.165, 1.54) is 6.07 Å². The maximum absolute atomic E-state index is 12.9. The second kappa shape index (κ2) is 3.34. The molecule has 0 aliphatic heterocycles. The van der Waals surface area contributed by atoms with E-state index in [0.29, 0.717) is 5.56 Å². The molecule has 3 N–H and O–H groups in total. The Morgan fingerprint density at radius 1 is 1.55 bits per heavy atom. The number of nitrogens with one attached hydrogen (secondary N) is 1. The van der Waals surface area contributed by atoms with Crippen molar-refractivity contribution in [3.63, 3.8) is 0 Å². The second-order valence-electron chi connectivity index (χ2n) is 2.26. The lowest BCUT2D eigenvalue weighted by Crippen LogP contribution is -2.00. The van der Waals surface area contributed by atoms with E-state index in [0.717, 1.165) is 5.69 Å². The molecule has 60 valence electrons. The highest BCUT2D eigenvalue weighted by atomic mass is 19.1. The van der Waals surface area contributed by atoms with E-state index in [9.17, 15) is 4.39 Å². The SMILES string of the molecule is CNc1ccc(CN)c(F)c1. The smallest absolute Gasteiger partial charge is 0.129 e. The molecular formula is C8H11FN2. The maximum Gasteiger partial charge on any atom is 0.129 e. The van der Waals surface area contributed by atoms with Crippen molar-refractivity contribution >= 4 is 5.69 Å². The molecule has 0 unspecified atom stereocenters. The molecule has 1 aromatic rings. The van der Waals surface area contributed by atoms with Crippen molar-refractivity contribution in [1.82, 2.24) is 0 Å². The molecule has 11 heavy (non-hydrogen) atoms. The van der Waals surface area contributed by atoms with Crippen molar-refractivity contribution in [2.45, 2.75) is 6.54 Å². The Morgan fingerprint density at radius 3 is 2.73 bits per heavy atom. The number of rotatable bonds is 2. The van der Waals surface area contributed by atoms with Gasteiger partial charge in [-0.05, 0) is 12.1 Å². The first kappa shape index (κ1) is 8.01. The van der Waals surface area contributed by atoms with Gasteiger partial charge in [0.1, 0.15) is 5.82 Å². The summed E-state index contributed by atoms with van der Waals surface area (Å²) in [6.07, 6.45) is 0. The van der Waals surface area contributed by atoms with Crippen LogP contribution in [0.25, 0.3) is 0 Å². The molecule has 0 spiro atoms. The highest BCUT2D eigenvalue weighted by Crippen LogP contribution is 2.12. The van der Waals surface area contributed by atoms with Crippen molar-refractivity contribution in [2.24, 2.45) is 5.73 Å². The summed E-state index contributed by atoms with van der Waals surface area (Å²) < 4.78 is 12.9. The molecule has 0 aromatic heterocycles. The fourth-order valence-electron chi connectivity index (χ4n) is 0.868. The zero-order valence-electron chi connectivity index (χ0n) is 6.39. The van der Waals surface area contributed by atoms with Crippen LogP contribution in [-0.4, -0.2) is 7.05 Å². The summed E-state index contributed by atoms with van der Waals surface area (Å²) >= 11 is 0. The summed E-state index contributed by atoms with van der Waals surface area (Å²) in [6.45, 7) is 0.246. The minimum Gasteiger partial charge on any atom is -0.388 e. The molecule has 0 aliphatic carbocycles. The largest absolute Gasteiger partial charge is 0.388 e. The Bertz CT molecular complexity index is 248. The summed E-state index contributed by atoms with van der Waals surface area (Å²) in [4.78, 5) is 0. The third-order valence-electron chi connectivity index (χ3n) is 1.56. The van der Waals surface area contributed by atoms with Gasteiger partial charge in [0.15, 0.2) is 0 Å². The molecule has 0 heterocycles. The van der Waals surface area contributed by atoms with Gasteiger partial charge in [0.05, 0.1) is 0 Å². The number of halogens is 1. The van der Waals surface area contributed by atoms with Crippen molar-refractivity contribution < 1.29 is 4.39 Å². The summed E-state index contributed by atoms with van der Waals surface area (Å²) in [5.41, 5.74) is 6.59. The van der Waals surface area contributed by atoms with Crippen LogP contribution in [-0.2, 0) is 6.54 Å². The van der Waals surface area contributed by atoms with E-state index in [4.69, 9.17) is 5.73 Å². The first-order valence-corrected chi connectivity index (χ1v) is 3.44. The Hall–Kier alpha value is -1.09. The quantitative estimate of drug-likeness (QED) is 0.674. The minimum absolute atomic E-state index is 0.246. The van der Waals surface area contributed by atoms with Crippen LogP contribution < -0.4 is 11.1 Å². The molecule has 0 bridgehead atoms. The third kappa shape index (κ3) is 1.68. The van der Waals surface area contributed by atoms with E-state index in [1.807, 2.05) is 0 Å². The topological polar surface area (TPSA) is 38.0 Å². The van der Waals surface area contributed by atoms with Crippen LogP contribution in [0.3, 0.4) is 0 Å². The van der Waals surface area contributed by atoms with Gasteiger partial charge in [-0.3, -0.25) is 0 Å². The lowest BCUT2D eigenvalue weighted by Gasteiger charge is -2.02. The minimum atomic E-state index is -0.251. The average Bonchev–Trinajstić information content (AvgIpc) is 2.04. The lowest BCUT2D eigenvalue weighted by atomic mass is 10.2. The van der Waals surface area contributed by atoms with Crippen molar-refractivity contribution in [2.75, 3.05) is 12.4 Å². The molecular weight excluding hydrogens is 143 g/mol. The fraction of sp³-hybridized carbons (Fsp3) is 0.250. The van der Waals surface area contributed by atoms with Gasteiger partial charge in [0.25, 0.3) is 0 Å². The number of nitrogens with two attached hydrogens (primary N) is 1. The van der Waals surface area contributed by atoms with E-state index in [2.05, 4.69) is 5.32 Å². The first-order valence-electron chi connectivity index (χ1n) is 3.44. The summed E-state index contributed by atoms with van der Waals surface area (Å²) in [5.74, 6) is -0.251. The van der Waals surface area contributed by atoms with Crippen LogP contribution in [0.2, 0.25) is 0 Å². The molecule has 2 nitrogen and oxygen atoms in total. The van der Waals surface area contributed by atoms with Crippen molar-refractivity contribution in [3.05, 3.63) is 29.6 Å². The summed E-state index contributed by atoms with van der Waals surface area (Å²) in [5, 5.41) is 2.84. The van der Waals surface area contributed by atoms with E-state index in [-0.39, 0.29) is 12.4 Å². The standard InChI is InChI=1S/C8H11FN2/c1-11-7-3-2-6(5-10)8(9)4-7/h2-4,11H,5,10H2,1H3. The van der Waals surface area contributed by atoms with Crippen LogP contribution in [0.1, 0.15) is 5.56 Å². The Kier molecular flexibility index (Phi) is 2.44. The van der Waals surface area contributed by atoms with Gasteiger partial charge in [-0.1, -0.05) is 6.07 Å². The lowest BCUT2D eigenvalue weighted by molar-refractivity contribution is 0.611. The van der Waals surface area contributed by atoms with Gasteiger partial charge in [0.2, 0.25) is 0 Å². The number of hydrogen-bond donors (Lipinski definition) is 2. The molecule has 3 heteroatoms. The van der Waals surface area contributed by atoms with E-state index >= 15 is 0 Å². The highest BCUT2D eigenvalue weighted by molar-refractivity contribution is 5.44. The molecule has 0 amide bonds. The molecule has 1 rings (SSSR count). The number of benzene rings is 1. The van der Waals surface area contributed by atoms with E-state index < -0.39 is 0 Å². The highest BCUT2D eigenvalue weighted by Gasteiger charge is 1.99. The zero-order chi connectivity index (χ0) is 8.27. The Labute approximate surface area is 65.2 Å². The molecule has 0 atom stereocenters. The third-order valence-corrected chi connectivity index (χ3v) is 1.56. The number of hydrogen-bond acceptors (Lipinski definition) is 2. The van der Waals surface area contributed by atoms with E-state index in [1.54, 1.807) is 19.2 Å². The molecule has 0 saturated carbocycles. The van der Waals surface area contributed by atoms with Gasteiger partial charge in [-0.15, -0.1) is 0 Å². The van der Waals surface area contributed by atoms with Crippen LogP contribution in [0, 0.1) is 5.82 Å². The predicted octanol–water partition coefficient (Wildman–Crippen LogP) is 1.33. The molecule has 0 aliphatic rings. The van der Waals surface area contributed by atoms with Gasteiger partial charge < -0.3 is 11.1 Å². The summed E-state index contributed by atoms with van der Waals surface area (Å²) in [7, 11) is 1.75. The molecule has 0 radical (unpaired) electrons. The monoisotopic (exact) mass is 154 g/mol. The maximum atomic E-state index is 12.9.